The van der Waals surface area contributed by atoms with Crippen molar-refractivity contribution in [1.29, 1.82) is 0 Å². The van der Waals surface area contributed by atoms with E-state index < -0.39 is 10.2 Å². The Kier molecular flexibility index (Phi) is 6.20. The summed E-state index contributed by atoms with van der Waals surface area (Å²) in [5.74, 6) is 0. The molecule has 0 bridgehead atoms. The van der Waals surface area contributed by atoms with Crippen LogP contribution >= 0.6 is 0 Å². The zero-order valence-corrected chi connectivity index (χ0v) is 11.4. The van der Waals surface area contributed by atoms with E-state index >= 15 is 0 Å². The molecule has 1 heterocycles. The second-order valence-corrected chi connectivity index (χ2v) is 5.80. The van der Waals surface area contributed by atoms with Gasteiger partial charge in [0.2, 0.25) is 0 Å². The topological polar surface area (TPSA) is 88.3 Å². The van der Waals surface area contributed by atoms with Crippen molar-refractivity contribution < 1.29 is 8.42 Å². The molecule has 18 heavy (non-hydrogen) atoms. The van der Waals surface area contributed by atoms with Crippen LogP contribution in [0.5, 0.6) is 0 Å². The lowest BCUT2D eigenvalue weighted by atomic mass is 10.3. The summed E-state index contributed by atoms with van der Waals surface area (Å²) in [7, 11) is -1.86. The molecule has 7 heteroatoms. The lowest BCUT2D eigenvalue weighted by Gasteiger charge is -2.17. The Morgan fingerprint density at radius 1 is 1.44 bits per heavy atom. The van der Waals surface area contributed by atoms with Crippen LogP contribution in [0.15, 0.2) is 24.4 Å². The fraction of sp³-hybridized carbons (Fsp3) is 0.545. The van der Waals surface area contributed by atoms with Crippen LogP contribution in [0.25, 0.3) is 0 Å². The van der Waals surface area contributed by atoms with Gasteiger partial charge in [-0.2, -0.15) is 12.7 Å². The van der Waals surface area contributed by atoms with Gasteiger partial charge in [0, 0.05) is 38.4 Å². The van der Waals surface area contributed by atoms with E-state index in [0.29, 0.717) is 32.5 Å². The third kappa shape index (κ3) is 5.09. The van der Waals surface area contributed by atoms with Crippen molar-refractivity contribution >= 4 is 10.2 Å². The van der Waals surface area contributed by atoms with E-state index in [0.717, 1.165) is 5.69 Å². The highest BCUT2D eigenvalue weighted by Gasteiger charge is 2.15. The number of nitrogens with zero attached hydrogens (tertiary/aromatic N) is 2. The van der Waals surface area contributed by atoms with Crippen LogP contribution in [0.1, 0.15) is 12.1 Å². The summed E-state index contributed by atoms with van der Waals surface area (Å²) in [6.45, 7) is 1.25. The molecule has 102 valence electrons. The van der Waals surface area contributed by atoms with Crippen molar-refractivity contribution in [3.05, 3.63) is 30.1 Å². The largest absolute Gasteiger partial charge is 0.330 e. The van der Waals surface area contributed by atoms with Crippen molar-refractivity contribution in [2.24, 2.45) is 5.73 Å². The lowest BCUT2D eigenvalue weighted by molar-refractivity contribution is 0.453. The van der Waals surface area contributed by atoms with Gasteiger partial charge < -0.3 is 5.73 Å². The molecule has 0 unspecified atom stereocenters. The predicted octanol–water partition coefficient (Wildman–Crippen LogP) is -0.261. The number of hydrogen-bond acceptors (Lipinski definition) is 4. The van der Waals surface area contributed by atoms with Crippen LogP contribution in [0.2, 0.25) is 0 Å². The standard InChI is InChI=1S/C11H20N4O2S/c1-15(10-4-7-12)18(16,17)14-9-6-11-5-2-3-8-13-11/h2-3,5,8,14H,4,6-7,9-10,12H2,1H3. The minimum atomic E-state index is -3.40. The van der Waals surface area contributed by atoms with Crippen LogP contribution < -0.4 is 10.5 Å². The normalized spacial score (nSPS) is 11.9. The first-order valence-corrected chi connectivity index (χ1v) is 7.31. The monoisotopic (exact) mass is 272 g/mol. The molecule has 0 radical (unpaired) electrons. The highest BCUT2D eigenvalue weighted by molar-refractivity contribution is 7.87. The Labute approximate surface area is 108 Å². The van der Waals surface area contributed by atoms with Gasteiger partial charge in [0.1, 0.15) is 0 Å². The average Bonchev–Trinajstić information content (AvgIpc) is 2.37. The summed E-state index contributed by atoms with van der Waals surface area (Å²) < 4.78 is 27.4. The quantitative estimate of drug-likeness (QED) is 0.682. The third-order valence-electron chi connectivity index (χ3n) is 2.48. The molecule has 0 saturated carbocycles. The molecule has 0 aliphatic carbocycles. The van der Waals surface area contributed by atoms with Crippen LogP contribution in [0, 0.1) is 0 Å². The SMILES string of the molecule is CN(CCCN)S(=O)(=O)NCCc1ccccn1. The maximum absolute atomic E-state index is 11.8. The van der Waals surface area contributed by atoms with Gasteiger partial charge in [0.15, 0.2) is 0 Å². The number of rotatable bonds is 8. The first-order chi connectivity index (χ1) is 8.56. The Hall–Kier alpha value is -1.02. The molecule has 0 aliphatic rings. The molecule has 1 aromatic rings. The summed E-state index contributed by atoms with van der Waals surface area (Å²) in [6.07, 6.45) is 2.92. The summed E-state index contributed by atoms with van der Waals surface area (Å²) in [6, 6.07) is 5.57. The Morgan fingerprint density at radius 2 is 2.22 bits per heavy atom. The van der Waals surface area contributed by atoms with Crippen molar-refractivity contribution in [2.75, 3.05) is 26.7 Å². The summed E-state index contributed by atoms with van der Waals surface area (Å²) >= 11 is 0. The number of hydrogen-bond donors (Lipinski definition) is 2. The number of nitrogens with one attached hydrogen (secondary N) is 1. The molecule has 0 fully saturated rings. The van der Waals surface area contributed by atoms with Gasteiger partial charge in [-0.1, -0.05) is 6.07 Å². The molecule has 0 spiro atoms. The van der Waals surface area contributed by atoms with Crippen molar-refractivity contribution in [2.45, 2.75) is 12.8 Å². The van der Waals surface area contributed by atoms with E-state index in [-0.39, 0.29) is 0 Å². The van der Waals surface area contributed by atoms with Gasteiger partial charge in [-0.25, -0.2) is 4.72 Å². The molecule has 0 amide bonds. The van der Waals surface area contributed by atoms with Gasteiger partial charge in [-0.05, 0) is 25.1 Å². The van der Waals surface area contributed by atoms with E-state index in [1.165, 1.54) is 4.31 Å². The summed E-state index contributed by atoms with van der Waals surface area (Å²) in [5.41, 5.74) is 6.21. The van der Waals surface area contributed by atoms with Crippen LogP contribution in [-0.2, 0) is 16.6 Å². The fourth-order valence-corrected chi connectivity index (χ4v) is 2.35. The van der Waals surface area contributed by atoms with E-state index in [2.05, 4.69) is 9.71 Å². The van der Waals surface area contributed by atoms with E-state index in [9.17, 15) is 8.42 Å². The molecule has 0 aromatic carbocycles. The zero-order valence-electron chi connectivity index (χ0n) is 10.5. The minimum absolute atomic E-state index is 0.340. The van der Waals surface area contributed by atoms with Crippen molar-refractivity contribution in [3.63, 3.8) is 0 Å². The minimum Gasteiger partial charge on any atom is -0.330 e. The van der Waals surface area contributed by atoms with Crippen LogP contribution in [-0.4, -0.2) is 44.4 Å². The zero-order chi connectivity index (χ0) is 13.4. The summed E-state index contributed by atoms with van der Waals surface area (Å²) in [5, 5.41) is 0. The molecular weight excluding hydrogens is 252 g/mol. The first-order valence-electron chi connectivity index (χ1n) is 5.87. The molecule has 0 aliphatic heterocycles. The Balaban J connectivity index is 2.38. The van der Waals surface area contributed by atoms with E-state index in [1.807, 2.05) is 18.2 Å². The fourth-order valence-electron chi connectivity index (χ4n) is 1.40. The Bertz CT molecular complexity index is 436. The van der Waals surface area contributed by atoms with Gasteiger partial charge in [0.25, 0.3) is 10.2 Å². The maximum Gasteiger partial charge on any atom is 0.279 e. The molecule has 1 aromatic heterocycles. The van der Waals surface area contributed by atoms with Gasteiger partial charge in [0.05, 0.1) is 0 Å². The molecule has 0 atom stereocenters. The van der Waals surface area contributed by atoms with E-state index in [4.69, 9.17) is 5.73 Å². The second kappa shape index (κ2) is 7.42. The van der Waals surface area contributed by atoms with E-state index in [1.54, 1.807) is 13.2 Å². The first kappa shape index (κ1) is 15.0. The highest BCUT2D eigenvalue weighted by atomic mass is 32.2. The summed E-state index contributed by atoms with van der Waals surface area (Å²) in [4.78, 5) is 4.13. The Morgan fingerprint density at radius 3 is 2.83 bits per heavy atom. The maximum atomic E-state index is 11.8. The third-order valence-corrected chi connectivity index (χ3v) is 4.05. The predicted molar refractivity (Wildman–Crippen MR) is 71.2 cm³/mol. The van der Waals surface area contributed by atoms with Crippen molar-refractivity contribution in [1.82, 2.24) is 14.0 Å². The highest BCUT2D eigenvalue weighted by Crippen LogP contribution is 1.97. The number of aromatic nitrogens is 1. The second-order valence-electron chi connectivity index (χ2n) is 3.93. The van der Waals surface area contributed by atoms with Crippen molar-refractivity contribution in [3.8, 4) is 0 Å². The van der Waals surface area contributed by atoms with Crippen LogP contribution in [0.4, 0.5) is 0 Å². The smallest absolute Gasteiger partial charge is 0.279 e. The van der Waals surface area contributed by atoms with Gasteiger partial charge in [-0.3, -0.25) is 4.98 Å². The number of nitrogens with two attached hydrogens (primary N) is 1. The molecular formula is C11H20N4O2S. The van der Waals surface area contributed by atoms with Gasteiger partial charge in [-0.15, -0.1) is 0 Å². The molecule has 6 nitrogen and oxygen atoms in total. The lowest BCUT2D eigenvalue weighted by Crippen LogP contribution is -2.40. The van der Waals surface area contributed by atoms with Crippen LogP contribution in [0.3, 0.4) is 0 Å². The molecule has 1 rings (SSSR count). The number of pyridine rings is 1. The average molecular weight is 272 g/mol. The molecule has 3 N–H and O–H groups in total. The molecule has 0 saturated heterocycles. The van der Waals surface area contributed by atoms with Gasteiger partial charge >= 0.3 is 0 Å².